The topological polar surface area (TPSA) is 93.5 Å². The van der Waals surface area contributed by atoms with Crippen LogP contribution in [0.3, 0.4) is 0 Å². The Labute approximate surface area is 153 Å². The number of hydrogen-bond acceptors (Lipinski definition) is 4. The lowest BCUT2D eigenvalue weighted by Crippen LogP contribution is -2.23. The predicted molar refractivity (Wildman–Crippen MR) is 102 cm³/mol. The highest BCUT2D eigenvalue weighted by atomic mass is 16.4. The van der Waals surface area contributed by atoms with Gasteiger partial charge < -0.3 is 10.8 Å². The standard InChI is InChI=1S/C20H26N4O2/c1-3-15-7-4-5-9-17(15)23-14(2)24-12-18(22-13-24)20(19(25)26)11-16(20)8-6-10-21/h4-5,7,9,12-13,16H,3,6,8,10-11,21H2,1-2H3,(H,25,26). The molecule has 6 nitrogen and oxygen atoms in total. The SMILES string of the molecule is CCc1ccccc1N=C(C)n1cnc(C2(C(=O)O)CC2CCCN)c1. The number of aliphatic carboxylic acids is 1. The van der Waals surface area contributed by atoms with Crippen molar-refractivity contribution < 1.29 is 9.90 Å². The largest absolute Gasteiger partial charge is 0.481 e. The van der Waals surface area contributed by atoms with Gasteiger partial charge >= 0.3 is 5.97 Å². The van der Waals surface area contributed by atoms with Crippen LogP contribution < -0.4 is 5.73 Å². The van der Waals surface area contributed by atoms with E-state index in [1.165, 1.54) is 5.56 Å². The lowest BCUT2D eigenvalue weighted by Gasteiger charge is -2.09. The van der Waals surface area contributed by atoms with Gasteiger partial charge in [-0.1, -0.05) is 25.1 Å². The highest BCUT2D eigenvalue weighted by Crippen LogP contribution is 2.56. The van der Waals surface area contributed by atoms with Gasteiger partial charge in [0.15, 0.2) is 0 Å². The van der Waals surface area contributed by atoms with E-state index >= 15 is 0 Å². The molecule has 2 unspecified atom stereocenters. The molecule has 138 valence electrons. The number of aromatic nitrogens is 2. The average molecular weight is 354 g/mol. The van der Waals surface area contributed by atoms with Crippen molar-refractivity contribution in [2.75, 3.05) is 6.54 Å². The molecule has 6 heteroatoms. The minimum atomic E-state index is -0.859. The van der Waals surface area contributed by atoms with Crippen LogP contribution in [0.25, 0.3) is 0 Å². The van der Waals surface area contributed by atoms with Gasteiger partial charge in [0.2, 0.25) is 0 Å². The molecular weight excluding hydrogens is 328 g/mol. The number of carboxylic acid groups (broad SMARTS) is 1. The van der Waals surface area contributed by atoms with Gasteiger partial charge in [-0.15, -0.1) is 0 Å². The van der Waals surface area contributed by atoms with Crippen LogP contribution >= 0.6 is 0 Å². The number of carbonyl (C=O) groups is 1. The zero-order valence-electron chi connectivity index (χ0n) is 15.4. The zero-order valence-corrected chi connectivity index (χ0v) is 15.4. The first kappa shape index (κ1) is 18.3. The van der Waals surface area contributed by atoms with E-state index in [2.05, 4.69) is 18.0 Å². The monoisotopic (exact) mass is 354 g/mol. The third-order valence-corrected chi connectivity index (χ3v) is 5.31. The number of benzene rings is 1. The van der Waals surface area contributed by atoms with Gasteiger partial charge in [-0.25, -0.2) is 9.98 Å². The van der Waals surface area contributed by atoms with Crippen LogP contribution in [0.2, 0.25) is 0 Å². The second-order valence-corrected chi connectivity index (χ2v) is 6.92. The molecule has 0 amide bonds. The Morgan fingerprint density at radius 1 is 1.46 bits per heavy atom. The van der Waals surface area contributed by atoms with Crippen molar-refractivity contribution in [1.29, 1.82) is 0 Å². The number of aliphatic imine (C=N–C) groups is 1. The maximum Gasteiger partial charge on any atom is 0.316 e. The van der Waals surface area contributed by atoms with Gasteiger partial charge in [-0.05, 0) is 56.7 Å². The molecule has 1 saturated carbocycles. The normalized spacial score (nSPS) is 22.4. The van der Waals surface area contributed by atoms with Crippen LogP contribution in [0.1, 0.15) is 44.4 Å². The quantitative estimate of drug-likeness (QED) is 0.590. The molecule has 1 fully saturated rings. The van der Waals surface area contributed by atoms with Gasteiger partial charge in [-0.3, -0.25) is 9.36 Å². The molecule has 3 rings (SSSR count). The Morgan fingerprint density at radius 2 is 2.23 bits per heavy atom. The second-order valence-electron chi connectivity index (χ2n) is 6.92. The van der Waals surface area contributed by atoms with Crippen LogP contribution in [-0.2, 0) is 16.6 Å². The van der Waals surface area contributed by atoms with E-state index in [1.54, 1.807) is 6.33 Å². The van der Waals surface area contributed by atoms with Crippen molar-refractivity contribution in [1.82, 2.24) is 9.55 Å². The molecule has 0 spiro atoms. The number of rotatable bonds is 7. The zero-order chi connectivity index (χ0) is 18.7. The van der Waals surface area contributed by atoms with Crippen molar-refractivity contribution in [3.05, 3.63) is 48.0 Å². The van der Waals surface area contributed by atoms with Gasteiger partial charge in [0.25, 0.3) is 0 Å². The fourth-order valence-corrected chi connectivity index (χ4v) is 3.61. The van der Waals surface area contributed by atoms with Crippen LogP contribution in [-0.4, -0.2) is 33.0 Å². The van der Waals surface area contributed by atoms with E-state index in [9.17, 15) is 9.90 Å². The van der Waals surface area contributed by atoms with Crippen LogP contribution in [0.15, 0.2) is 41.8 Å². The number of carboxylic acids is 1. The molecule has 1 aliphatic carbocycles. The number of nitrogens with two attached hydrogens (primary N) is 1. The molecule has 2 aromatic rings. The first-order valence-electron chi connectivity index (χ1n) is 9.14. The molecule has 3 N–H and O–H groups in total. The molecule has 0 bridgehead atoms. The average Bonchev–Trinajstić information content (AvgIpc) is 3.16. The molecule has 0 radical (unpaired) electrons. The van der Waals surface area contributed by atoms with Crippen LogP contribution in [0, 0.1) is 5.92 Å². The van der Waals surface area contributed by atoms with Crippen molar-refractivity contribution in [3.8, 4) is 0 Å². The summed E-state index contributed by atoms with van der Waals surface area (Å²) in [4.78, 5) is 21.0. The fourth-order valence-electron chi connectivity index (χ4n) is 3.61. The summed E-state index contributed by atoms with van der Waals surface area (Å²) in [5.41, 5.74) is 7.43. The number of para-hydroxylation sites is 1. The van der Waals surface area contributed by atoms with E-state index in [0.29, 0.717) is 18.7 Å². The summed E-state index contributed by atoms with van der Waals surface area (Å²) in [6.45, 7) is 4.59. The molecule has 1 aliphatic rings. The maximum absolute atomic E-state index is 11.9. The van der Waals surface area contributed by atoms with Crippen molar-refractivity contribution in [3.63, 3.8) is 0 Å². The summed E-state index contributed by atoms with van der Waals surface area (Å²) in [6, 6.07) is 8.03. The predicted octanol–water partition coefficient (Wildman–Crippen LogP) is 3.12. The summed E-state index contributed by atoms with van der Waals surface area (Å²) in [5, 5.41) is 9.77. The summed E-state index contributed by atoms with van der Waals surface area (Å²) < 4.78 is 1.81. The Morgan fingerprint density at radius 3 is 2.92 bits per heavy atom. The highest BCUT2D eigenvalue weighted by Gasteiger charge is 2.62. The Hall–Kier alpha value is -2.47. The molecule has 1 aromatic carbocycles. The molecule has 0 aliphatic heterocycles. The van der Waals surface area contributed by atoms with Gasteiger partial charge in [0.05, 0.1) is 11.4 Å². The summed E-state index contributed by atoms with van der Waals surface area (Å²) in [6.07, 6.45) is 6.68. The van der Waals surface area contributed by atoms with Crippen molar-refractivity contribution in [2.45, 2.75) is 44.9 Å². The van der Waals surface area contributed by atoms with Crippen molar-refractivity contribution >= 4 is 17.5 Å². The van der Waals surface area contributed by atoms with E-state index in [-0.39, 0.29) is 5.92 Å². The lowest BCUT2D eigenvalue weighted by atomic mass is 9.98. The minimum Gasteiger partial charge on any atom is -0.481 e. The summed E-state index contributed by atoms with van der Waals surface area (Å²) in [5.74, 6) is 0.0880. The first-order chi connectivity index (χ1) is 12.5. The molecule has 26 heavy (non-hydrogen) atoms. The highest BCUT2D eigenvalue weighted by molar-refractivity contribution is 5.87. The Kier molecular flexibility index (Phi) is 5.23. The first-order valence-corrected chi connectivity index (χ1v) is 9.14. The molecular formula is C20H26N4O2. The van der Waals surface area contributed by atoms with Gasteiger partial charge in [0.1, 0.15) is 17.6 Å². The van der Waals surface area contributed by atoms with E-state index in [4.69, 9.17) is 10.7 Å². The summed E-state index contributed by atoms with van der Waals surface area (Å²) in [7, 11) is 0. The molecule has 1 heterocycles. The van der Waals surface area contributed by atoms with Crippen LogP contribution in [0.4, 0.5) is 5.69 Å². The Bertz CT molecular complexity index is 827. The Balaban J connectivity index is 1.85. The lowest BCUT2D eigenvalue weighted by molar-refractivity contribution is -0.140. The molecule has 0 saturated heterocycles. The minimum absolute atomic E-state index is 0.116. The van der Waals surface area contributed by atoms with Gasteiger partial charge in [0, 0.05) is 6.20 Å². The second kappa shape index (κ2) is 7.41. The summed E-state index contributed by atoms with van der Waals surface area (Å²) >= 11 is 0. The molecule has 2 atom stereocenters. The van der Waals surface area contributed by atoms with E-state index in [1.807, 2.05) is 35.9 Å². The van der Waals surface area contributed by atoms with Crippen LogP contribution in [0.5, 0.6) is 0 Å². The third kappa shape index (κ3) is 3.29. The van der Waals surface area contributed by atoms with E-state index in [0.717, 1.165) is 30.8 Å². The number of nitrogens with zero attached hydrogens (tertiary/aromatic N) is 3. The van der Waals surface area contributed by atoms with E-state index < -0.39 is 11.4 Å². The fraction of sp³-hybridized carbons (Fsp3) is 0.450. The maximum atomic E-state index is 11.9. The number of hydrogen-bond donors (Lipinski definition) is 2. The third-order valence-electron chi connectivity index (χ3n) is 5.31. The van der Waals surface area contributed by atoms with Crippen molar-refractivity contribution in [2.24, 2.45) is 16.6 Å². The number of imidazole rings is 1. The van der Waals surface area contributed by atoms with Gasteiger partial charge in [-0.2, -0.15) is 0 Å². The number of aryl methyl sites for hydroxylation is 1. The smallest absolute Gasteiger partial charge is 0.316 e. The molecule has 1 aromatic heterocycles.